The lowest BCUT2D eigenvalue weighted by atomic mass is 10.0. The van der Waals surface area contributed by atoms with Crippen molar-refractivity contribution >= 4 is 34.2 Å². The summed E-state index contributed by atoms with van der Waals surface area (Å²) in [6, 6.07) is 9.86. The van der Waals surface area contributed by atoms with Crippen molar-refractivity contribution in [3.8, 4) is 17.0 Å². The number of imidazole rings is 1. The van der Waals surface area contributed by atoms with Crippen molar-refractivity contribution in [2.45, 2.75) is 18.5 Å². The second kappa shape index (κ2) is 8.54. The summed E-state index contributed by atoms with van der Waals surface area (Å²) in [6.07, 6.45) is 3.10. The molecule has 0 aliphatic carbocycles. The van der Waals surface area contributed by atoms with Gasteiger partial charge in [-0.15, -0.1) is 8.78 Å². The number of fused-ring (bicyclic) bond motifs is 1. The SMILES string of the molecule is C[C@@H](CF)n1cnc2cc(C(=O)Nc3ccc(OC(F)(F)Cl)cc3)cc(-c3ccn[nH]3)c21. The number of carbonyl (C=O) groups excluding carboxylic acids is 1. The molecule has 166 valence electrons. The second-order valence-electron chi connectivity index (χ2n) is 7.04. The number of H-pyrrole nitrogens is 1. The van der Waals surface area contributed by atoms with Crippen LogP contribution in [0.5, 0.6) is 5.75 Å². The molecule has 0 saturated carbocycles. The van der Waals surface area contributed by atoms with Gasteiger partial charge < -0.3 is 14.6 Å². The molecule has 4 aromatic rings. The van der Waals surface area contributed by atoms with E-state index in [0.29, 0.717) is 33.5 Å². The average Bonchev–Trinajstić information content (AvgIpc) is 3.43. The van der Waals surface area contributed by atoms with Crippen LogP contribution in [0, 0.1) is 0 Å². The molecule has 32 heavy (non-hydrogen) atoms. The summed E-state index contributed by atoms with van der Waals surface area (Å²) in [6.45, 7) is 1.15. The topological polar surface area (TPSA) is 84.8 Å². The predicted molar refractivity (Wildman–Crippen MR) is 114 cm³/mol. The number of alkyl halides is 4. The summed E-state index contributed by atoms with van der Waals surface area (Å²) in [5, 5.41) is 9.50. The molecule has 0 radical (unpaired) electrons. The van der Waals surface area contributed by atoms with Crippen LogP contribution in [0.3, 0.4) is 0 Å². The number of carbonyl (C=O) groups is 1. The smallest absolute Gasteiger partial charge is 0.420 e. The number of anilines is 1. The number of ether oxygens (including phenoxy) is 1. The van der Waals surface area contributed by atoms with E-state index in [0.717, 1.165) is 0 Å². The largest absolute Gasteiger partial charge is 0.487 e. The van der Waals surface area contributed by atoms with Crippen LogP contribution in [-0.2, 0) is 0 Å². The highest BCUT2D eigenvalue weighted by Crippen LogP contribution is 2.31. The summed E-state index contributed by atoms with van der Waals surface area (Å²) in [5.74, 6) is -0.601. The van der Waals surface area contributed by atoms with Crippen LogP contribution in [-0.4, -0.2) is 37.9 Å². The van der Waals surface area contributed by atoms with Crippen LogP contribution in [0.2, 0.25) is 0 Å². The number of aromatic amines is 1. The van der Waals surface area contributed by atoms with Gasteiger partial charge in [-0.25, -0.2) is 9.37 Å². The second-order valence-corrected chi connectivity index (χ2v) is 7.48. The fraction of sp³-hybridized carbons (Fsp3) is 0.190. The van der Waals surface area contributed by atoms with Crippen molar-refractivity contribution in [2.24, 2.45) is 0 Å². The standard InChI is InChI=1S/C21H17ClF3N5O2/c1-12(10-23)30-11-26-18-9-13(8-16(19(18)30)17-6-7-27-29-17)20(31)28-14-2-4-15(5-3-14)32-21(22,24)25/h2-9,11-12H,10H2,1H3,(H,27,29)(H,28,31)/t12-/m0/s1. The molecule has 7 nitrogen and oxygen atoms in total. The Kier molecular flexibility index (Phi) is 5.79. The molecule has 0 spiro atoms. The normalized spacial score (nSPS) is 12.7. The highest BCUT2D eigenvalue weighted by atomic mass is 35.5. The first-order chi connectivity index (χ1) is 15.2. The molecule has 1 atom stereocenters. The number of nitrogens with one attached hydrogen (secondary N) is 2. The first-order valence-corrected chi connectivity index (χ1v) is 9.86. The zero-order valence-electron chi connectivity index (χ0n) is 16.7. The number of hydrogen-bond donors (Lipinski definition) is 2. The maximum Gasteiger partial charge on any atom is 0.487 e. The van der Waals surface area contributed by atoms with E-state index in [4.69, 9.17) is 11.6 Å². The summed E-state index contributed by atoms with van der Waals surface area (Å²) >= 11 is 4.75. The van der Waals surface area contributed by atoms with Crippen LogP contribution in [0.15, 0.2) is 55.0 Å². The van der Waals surface area contributed by atoms with Crippen molar-refractivity contribution in [1.82, 2.24) is 19.7 Å². The first kappa shape index (κ1) is 21.7. The van der Waals surface area contributed by atoms with Gasteiger partial charge in [0.2, 0.25) is 0 Å². The van der Waals surface area contributed by atoms with E-state index in [1.165, 1.54) is 30.6 Å². The molecule has 0 fully saturated rings. The van der Waals surface area contributed by atoms with Crippen molar-refractivity contribution in [3.05, 3.63) is 60.6 Å². The quantitative estimate of drug-likeness (QED) is 0.360. The van der Waals surface area contributed by atoms with E-state index in [1.54, 1.807) is 35.9 Å². The highest BCUT2D eigenvalue weighted by Gasteiger charge is 2.27. The predicted octanol–water partition coefficient (Wildman–Crippen LogP) is 5.38. The molecule has 2 aromatic carbocycles. The molecule has 2 aromatic heterocycles. The molecule has 0 aliphatic rings. The van der Waals surface area contributed by atoms with Crippen molar-refractivity contribution in [3.63, 3.8) is 0 Å². The molecular formula is C21H17ClF3N5O2. The van der Waals surface area contributed by atoms with Gasteiger partial charge in [0.25, 0.3) is 5.91 Å². The Morgan fingerprint density at radius 3 is 2.66 bits per heavy atom. The number of halogens is 4. The molecule has 11 heteroatoms. The van der Waals surface area contributed by atoms with Gasteiger partial charge in [0.1, 0.15) is 12.4 Å². The lowest BCUT2D eigenvalue weighted by molar-refractivity contribution is -0.0964. The Hall–Kier alpha value is -3.53. The molecule has 0 saturated heterocycles. The lowest BCUT2D eigenvalue weighted by Crippen LogP contribution is -2.16. The Morgan fingerprint density at radius 2 is 2.03 bits per heavy atom. The van der Waals surface area contributed by atoms with Gasteiger partial charge in [-0.3, -0.25) is 9.89 Å². The Bertz CT molecular complexity index is 1240. The Balaban J connectivity index is 1.66. The summed E-state index contributed by atoms with van der Waals surface area (Å²) in [4.78, 5) is 17.2. The third-order valence-electron chi connectivity index (χ3n) is 4.77. The van der Waals surface area contributed by atoms with E-state index >= 15 is 0 Å². The third kappa shape index (κ3) is 4.54. The molecule has 0 unspecified atom stereocenters. The van der Waals surface area contributed by atoms with Gasteiger partial charge in [-0.05, 0) is 49.4 Å². The zero-order valence-corrected chi connectivity index (χ0v) is 17.4. The number of aromatic nitrogens is 4. The monoisotopic (exact) mass is 463 g/mol. The Labute approximate surface area is 185 Å². The Morgan fingerprint density at radius 1 is 1.28 bits per heavy atom. The minimum atomic E-state index is -3.83. The number of hydrogen-bond acceptors (Lipinski definition) is 4. The minimum Gasteiger partial charge on any atom is -0.420 e. The summed E-state index contributed by atoms with van der Waals surface area (Å²) in [7, 11) is 0. The highest BCUT2D eigenvalue weighted by molar-refractivity contribution is 6.20. The molecule has 2 N–H and O–H groups in total. The molecule has 4 rings (SSSR count). The van der Waals surface area contributed by atoms with Gasteiger partial charge in [-0.1, -0.05) is 0 Å². The fourth-order valence-corrected chi connectivity index (χ4v) is 3.35. The summed E-state index contributed by atoms with van der Waals surface area (Å²) < 4.78 is 44.8. The third-order valence-corrected chi connectivity index (χ3v) is 4.84. The van der Waals surface area contributed by atoms with Crippen molar-refractivity contribution in [1.29, 1.82) is 0 Å². The van der Waals surface area contributed by atoms with Crippen LogP contribution >= 0.6 is 11.6 Å². The molecule has 0 bridgehead atoms. The van der Waals surface area contributed by atoms with Crippen molar-refractivity contribution < 1.29 is 22.7 Å². The van der Waals surface area contributed by atoms with Crippen molar-refractivity contribution in [2.75, 3.05) is 12.0 Å². The minimum absolute atomic E-state index is 0.154. The van der Waals surface area contributed by atoms with Gasteiger partial charge in [0.15, 0.2) is 0 Å². The molecule has 1 amide bonds. The van der Waals surface area contributed by atoms with Crippen LogP contribution in [0.25, 0.3) is 22.3 Å². The van der Waals surface area contributed by atoms with Gasteiger partial charge in [0.05, 0.1) is 29.1 Å². The van der Waals surface area contributed by atoms with Gasteiger partial charge >= 0.3 is 5.57 Å². The molecule has 2 heterocycles. The van der Waals surface area contributed by atoms with Gasteiger partial charge in [-0.2, -0.15) is 5.10 Å². The van der Waals surface area contributed by atoms with E-state index in [1.807, 2.05) is 0 Å². The zero-order chi connectivity index (χ0) is 22.9. The maximum atomic E-state index is 13.3. The number of amides is 1. The number of nitrogens with zero attached hydrogens (tertiary/aromatic N) is 3. The van der Waals surface area contributed by atoms with Crippen LogP contribution in [0.1, 0.15) is 23.3 Å². The van der Waals surface area contributed by atoms with Crippen LogP contribution < -0.4 is 10.1 Å². The van der Waals surface area contributed by atoms with E-state index in [-0.39, 0.29) is 5.75 Å². The van der Waals surface area contributed by atoms with Gasteiger partial charge in [0, 0.05) is 34.6 Å². The number of rotatable bonds is 7. The lowest BCUT2D eigenvalue weighted by Gasteiger charge is -2.14. The van der Waals surface area contributed by atoms with E-state index in [2.05, 4.69) is 25.2 Å². The van der Waals surface area contributed by atoms with Crippen LogP contribution in [0.4, 0.5) is 18.9 Å². The molecular weight excluding hydrogens is 447 g/mol. The molecule has 0 aliphatic heterocycles. The summed E-state index contributed by atoms with van der Waals surface area (Å²) in [5.41, 5.74) is -0.716. The number of benzene rings is 2. The maximum absolute atomic E-state index is 13.3. The van der Waals surface area contributed by atoms with E-state index in [9.17, 15) is 18.0 Å². The fourth-order valence-electron chi connectivity index (χ4n) is 3.27. The average molecular weight is 464 g/mol. The first-order valence-electron chi connectivity index (χ1n) is 9.48. The van der Waals surface area contributed by atoms with E-state index < -0.39 is 24.2 Å².